The van der Waals surface area contributed by atoms with Crippen molar-refractivity contribution in [2.24, 2.45) is 0 Å². The molecule has 0 unspecified atom stereocenters. The number of benzene rings is 1. The topological polar surface area (TPSA) is 74.2 Å². The van der Waals surface area contributed by atoms with Crippen LogP contribution in [0.2, 0.25) is 0 Å². The minimum atomic E-state index is -0.114. The van der Waals surface area contributed by atoms with E-state index in [1.807, 2.05) is 54.3 Å². The molecule has 0 aliphatic rings. The largest absolute Gasteiger partial charge is 0.467 e. The second kappa shape index (κ2) is 8.92. The summed E-state index contributed by atoms with van der Waals surface area (Å²) < 4.78 is 5.37. The van der Waals surface area contributed by atoms with Gasteiger partial charge in [0, 0.05) is 30.0 Å². The third kappa shape index (κ3) is 4.75. The van der Waals surface area contributed by atoms with Gasteiger partial charge in [-0.15, -0.1) is 0 Å². The Morgan fingerprint density at radius 1 is 1.20 bits per heavy atom. The minimum Gasteiger partial charge on any atom is -0.467 e. The Kier molecular flexibility index (Phi) is 5.90. The molecule has 0 aliphatic heterocycles. The lowest BCUT2D eigenvalue weighted by Crippen LogP contribution is -2.39. The molecule has 152 valence electrons. The molecule has 0 aliphatic carbocycles. The van der Waals surface area contributed by atoms with E-state index in [0.29, 0.717) is 30.3 Å². The van der Waals surface area contributed by atoms with E-state index < -0.39 is 0 Å². The third-order valence-corrected chi connectivity index (χ3v) is 5.22. The first-order chi connectivity index (χ1) is 14.6. The van der Waals surface area contributed by atoms with Crippen molar-refractivity contribution in [3.63, 3.8) is 0 Å². The maximum atomic E-state index is 12.7. The predicted molar refractivity (Wildman–Crippen MR) is 121 cm³/mol. The Morgan fingerprint density at radius 2 is 2.10 bits per heavy atom. The number of H-pyrrole nitrogens is 1. The van der Waals surface area contributed by atoms with Crippen molar-refractivity contribution in [2.45, 2.75) is 26.6 Å². The van der Waals surface area contributed by atoms with Gasteiger partial charge >= 0.3 is 0 Å². The van der Waals surface area contributed by atoms with E-state index in [1.165, 1.54) is 0 Å². The Morgan fingerprint density at radius 3 is 2.87 bits per heavy atom. The highest BCUT2D eigenvalue weighted by Crippen LogP contribution is 2.15. The number of pyridine rings is 2. The molecule has 3 heterocycles. The van der Waals surface area contributed by atoms with Crippen LogP contribution >= 0.6 is 12.2 Å². The average molecular weight is 419 g/mol. The monoisotopic (exact) mass is 418 g/mol. The number of fused-ring (bicyclic) bond motifs is 1. The number of aryl methyl sites for hydroxylation is 1. The summed E-state index contributed by atoms with van der Waals surface area (Å²) in [6.07, 6.45) is 5.16. The highest BCUT2D eigenvalue weighted by Gasteiger charge is 2.14. The fraction of sp³-hybridized carbons (Fsp3) is 0.174. The minimum absolute atomic E-state index is 0.114. The summed E-state index contributed by atoms with van der Waals surface area (Å²) in [5.74, 6) is 0.790. The molecule has 4 aromatic rings. The average Bonchev–Trinajstić information content (AvgIpc) is 3.27. The molecule has 0 fully saturated rings. The zero-order valence-corrected chi connectivity index (χ0v) is 17.4. The molecule has 0 saturated carbocycles. The molecule has 6 nitrogen and oxygen atoms in total. The number of thiocarbonyl (C=S) groups is 1. The Bertz CT molecular complexity index is 1200. The second-order valence-electron chi connectivity index (χ2n) is 7.17. The van der Waals surface area contributed by atoms with Gasteiger partial charge in [-0.2, -0.15) is 0 Å². The number of nitrogens with zero attached hydrogens (tertiary/aromatic N) is 2. The van der Waals surface area contributed by atoms with Gasteiger partial charge in [-0.25, -0.2) is 0 Å². The molecule has 7 heteroatoms. The van der Waals surface area contributed by atoms with Gasteiger partial charge in [0.15, 0.2) is 5.11 Å². The molecule has 0 saturated heterocycles. The quantitative estimate of drug-likeness (QED) is 0.463. The molecule has 0 atom stereocenters. The van der Waals surface area contributed by atoms with Gasteiger partial charge in [0.2, 0.25) is 0 Å². The summed E-state index contributed by atoms with van der Waals surface area (Å²) in [4.78, 5) is 21.8. The first kappa shape index (κ1) is 19.8. The summed E-state index contributed by atoms with van der Waals surface area (Å²) in [6, 6.07) is 15.5. The summed E-state index contributed by atoms with van der Waals surface area (Å²) in [7, 11) is 0. The second-order valence-corrected chi connectivity index (χ2v) is 7.56. The number of hydrogen-bond donors (Lipinski definition) is 2. The first-order valence-corrected chi connectivity index (χ1v) is 10.1. The fourth-order valence-corrected chi connectivity index (χ4v) is 3.49. The van der Waals surface area contributed by atoms with Gasteiger partial charge in [0.1, 0.15) is 5.76 Å². The lowest BCUT2D eigenvalue weighted by Gasteiger charge is -2.25. The normalized spacial score (nSPS) is 10.8. The number of hydrogen-bond acceptors (Lipinski definition) is 4. The van der Waals surface area contributed by atoms with Crippen LogP contribution in [-0.4, -0.2) is 20.0 Å². The van der Waals surface area contributed by atoms with E-state index in [4.69, 9.17) is 16.6 Å². The lowest BCUT2D eigenvalue weighted by atomic mass is 10.1. The summed E-state index contributed by atoms with van der Waals surface area (Å²) >= 11 is 5.65. The number of aromatic amines is 1. The van der Waals surface area contributed by atoms with Gasteiger partial charge < -0.3 is 19.6 Å². The van der Waals surface area contributed by atoms with Gasteiger partial charge in [0.25, 0.3) is 5.56 Å². The van der Waals surface area contributed by atoms with Crippen LogP contribution in [0.5, 0.6) is 0 Å². The molecule has 1 aromatic carbocycles. The van der Waals surface area contributed by atoms with Crippen molar-refractivity contribution in [1.29, 1.82) is 0 Å². The zero-order valence-electron chi connectivity index (χ0n) is 16.6. The van der Waals surface area contributed by atoms with Crippen molar-refractivity contribution in [2.75, 3.05) is 0 Å². The Labute approximate surface area is 179 Å². The van der Waals surface area contributed by atoms with Crippen LogP contribution in [0, 0.1) is 6.92 Å². The molecule has 2 N–H and O–H groups in total. The SMILES string of the molecule is Cc1ccc2[nH]c(=O)c(CN(Cc3cccnc3)C(=S)NCc3ccco3)cc2c1. The van der Waals surface area contributed by atoms with Crippen molar-refractivity contribution < 1.29 is 4.42 Å². The molecule has 0 bridgehead atoms. The van der Waals surface area contributed by atoms with E-state index in [2.05, 4.69) is 21.4 Å². The highest BCUT2D eigenvalue weighted by molar-refractivity contribution is 7.80. The van der Waals surface area contributed by atoms with Crippen LogP contribution in [0.4, 0.5) is 0 Å². The van der Waals surface area contributed by atoms with Crippen molar-refractivity contribution >= 4 is 28.2 Å². The molecule has 0 radical (unpaired) electrons. The predicted octanol–water partition coefficient (Wildman–Crippen LogP) is 3.90. The number of aromatic nitrogens is 2. The maximum Gasteiger partial charge on any atom is 0.253 e. The molecule has 30 heavy (non-hydrogen) atoms. The van der Waals surface area contributed by atoms with Crippen LogP contribution in [0.3, 0.4) is 0 Å². The van der Waals surface area contributed by atoms with Crippen molar-refractivity contribution in [1.82, 2.24) is 20.2 Å². The van der Waals surface area contributed by atoms with Crippen LogP contribution in [0.1, 0.15) is 22.5 Å². The number of nitrogens with one attached hydrogen (secondary N) is 2. The van der Waals surface area contributed by atoms with Crippen LogP contribution in [0.25, 0.3) is 10.9 Å². The molecular weight excluding hydrogens is 396 g/mol. The fourth-order valence-electron chi connectivity index (χ4n) is 3.29. The Balaban J connectivity index is 1.60. The summed E-state index contributed by atoms with van der Waals surface area (Å²) in [5.41, 5.74) is 3.51. The van der Waals surface area contributed by atoms with E-state index >= 15 is 0 Å². The van der Waals surface area contributed by atoms with Crippen LogP contribution in [0.15, 0.2) is 76.4 Å². The van der Waals surface area contributed by atoms with E-state index in [-0.39, 0.29) is 5.56 Å². The van der Waals surface area contributed by atoms with Gasteiger partial charge in [-0.3, -0.25) is 9.78 Å². The summed E-state index contributed by atoms with van der Waals surface area (Å²) in [6.45, 7) is 3.41. The van der Waals surface area contributed by atoms with Crippen LogP contribution in [-0.2, 0) is 19.6 Å². The number of rotatable bonds is 6. The smallest absolute Gasteiger partial charge is 0.253 e. The Hall–Kier alpha value is -3.45. The third-order valence-electron chi connectivity index (χ3n) is 4.82. The first-order valence-electron chi connectivity index (χ1n) is 9.65. The summed E-state index contributed by atoms with van der Waals surface area (Å²) in [5, 5.41) is 4.76. The molecule has 3 aromatic heterocycles. The van der Waals surface area contributed by atoms with Crippen molar-refractivity contribution in [3.8, 4) is 0 Å². The highest BCUT2D eigenvalue weighted by atomic mass is 32.1. The van der Waals surface area contributed by atoms with E-state index in [0.717, 1.165) is 27.8 Å². The molecule has 0 amide bonds. The lowest BCUT2D eigenvalue weighted by molar-refractivity contribution is 0.393. The zero-order chi connectivity index (χ0) is 20.9. The van der Waals surface area contributed by atoms with E-state index in [1.54, 1.807) is 18.7 Å². The number of furan rings is 1. The molecule has 4 rings (SSSR count). The molecular formula is C23H22N4O2S. The standard InChI is InChI=1S/C23H22N4O2S/c1-16-6-7-21-18(10-16)11-19(22(28)26-21)15-27(14-17-4-2-8-24-12-17)23(30)25-13-20-5-3-9-29-20/h2-12H,13-15H2,1H3,(H,25,30)(H,26,28). The maximum absolute atomic E-state index is 12.7. The van der Waals surface area contributed by atoms with Crippen molar-refractivity contribution in [3.05, 3.63) is 100.0 Å². The van der Waals surface area contributed by atoms with Gasteiger partial charge in [-0.1, -0.05) is 17.7 Å². The van der Waals surface area contributed by atoms with Gasteiger partial charge in [0.05, 0.1) is 19.4 Å². The van der Waals surface area contributed by atoms with Gasteiger partial charge in [-0.05, 0) is 66.5 Å². The molecule has 0 spiro atoms. The van der Waals surface area contributed by atoms with E-state index in [9.17, 15) is 4.79 Å². The van der Waals surface area contributed by atoms with Crippen LogP contribution < -0.4 is 10.9 Å².